The van der Waals surface area contributed by atoms with Crippen LogP contribution in [0.3, 0.4) is 0 Å². The molecule has 2 heterocycles. The maximum atomic E-state index is 13.0. The number of unbranched alkanes of at least 4 members (excludes halogenated alkanes) is 1. The highest BCUT2D eigenvalue weighted by Gasteiger charge is 2.26. The average molecular weight is 430 g/mol. The topological polar surface area (TPSA) is 62.7 Å². The summed E-state index contributed by atoms with van der Waals surface area (Å²) in [6, 6.07) is 5.59. The number of carbonyl (C=O) groups excluding carboxylic acids is 2. The zero-order chi connectivity index (χ0) is 21.1. The third-order valence-electron chi connectivity index (χ3n) is 5.99. The third-order valence-corrected chi connectivity index (χ3v) is 6.42. The van der Waals surface area contributed by atoms with Gasteiger partial charge in [0.1, 0.15) is 0 Å². The number of aromatic nitrogens is 1. The lowest BCUT2D eigenvalue weighted by atomic mass is 9.94. The van der Waals surface area contributed by atoms with E-state index in [9.17, 15) is 9.59 Å². The SMILES string of the molecule is CCCCOC(=O)N1CCN(C(=O)c2ccc3c(Cl)c4c(nc3c2)CCCC4)CC1. The molecule has 1 aromatic carbocycles. The lowest BCUT2D eigenvalue weighted by molar-refractivity contribution is 0.0558. The molecule has 1 saturated heterocycles. The van der Waals surface area contributed by atoms with E-state index in [1.807, 2.05) is 18.2 Å². The van der Waals surface area contributed by atoms with Gasteiger partial charge in [0.2, 0.25) is 0 Å². The van der Waals surface area contributed by atoms with Gasteiger partial charge in [-0.1, -0.05) is 31.0 Å². The molecule has 1 aromatic heterocycles. The molecule has 0 unspecified atom stereocenters. The fourth-order valence-electron chi connectivity index (χ4n) is 4.17. The fraction of sp³-hybridized carbons (Fsp3) is 0.522. The summed E-state index contributed by atoms with van der Waals surface area (Å²) in [5.41, 5.74) is 3.63. The predicted molar refractivity (Wildman–Crippen MR) is 117 cm³/mol. The number of fused-ring (bicyclic) bond motifs is 2. The second kappa shape index (κ2) is 9.21. The number of halogens is 1. The van der Waals surface area contributed by atoms with Crippen LogP contribution in [0.1, 0.15) is 54.2 Å². The van der Waals surface area contributed by atoms with Gasteiger partial charge < -0.3 is 14.5 Å². The van der Waals surface area contributed by atoms with Crippen LogP contribution in [0.25, 0.3) is 10.9 Å². The highest BCUT2D eigenvalue weighted by atomic mass is 35.5. The van der Waals surface area contributed by atoms with E-state index in [0.717, 1.165) is 65.7 Å². The van der Waals surface area contributed by atoms with Crippen molar-refractivity contribution in [3.05, 3.63) is 40.0 Å². The average Bonchev–Trinajstić information content (AvgIpc) is 2.78. The third kappa shape index (κ3) is 4.24. The number of hydrogen-bond donors (Lipinski definition) is 0. The van der Waals surface area contributed by atoms with Crippen LogP contribution in [0, 0.1) is 0 Å². The maximum Gasteiger partial charge on any atom is 0.409 e. The van der Waals surface area contributed by atoms with Gasteiger partial charge in [0.05, 0.1) is 17.1 Å². The van der Waals surface area contributed by atoms with Crippen molar-refractivity contribution in [2.75, 3.05) is 32.8 Å². The van der Waals surface area contributed by atoms with E-state index >= 15 is 0 Å². The molecule has 0 radical (unpaired) electrons. The molecule has 4 rings (SSSR count). The smallest absolute Gasteiger partial charge is 0.409 e. The van der Waals surface area contributed by atoms with E-state index in [1.165, 1.54) is 0 Å². The van der Waals surface area contributed by atoms with Crippen LogP contribution in [0.2, 0.25) is 5.02 Å². The van der Waals surface area contributed by atoms with E-state index in [1.54, 1.807) is 9.80 Å². The van der Waals surface area contributed by atoms with Crippen LogP contribution < -0.4 is 0 Å². The van der Waals surface area contributed by atoms with Gasteiger partial charge in [-0.15, -0.1) is 0 Å². The molecule has 2 aromatic rings. The standard InChI is InChI=1S/C23H28ClN3O3/c1-2-3-14-30-23(29)27-12-10-26(11-13-27)22(28)16-8-9-18-20(15-16)25-19-7-5-4-6-17(19)21(18)24/h8-9,15H,2-7,10-14H2,1H3. The lowest BCUT2D eigenvalue weighted by Gasteiger charge is -2.34. The van der Waals surface area contributed by atoms with Gasteiger partial charge in [-0.3, -0.25) is 9.78 Å². The summed E-state index contributed by atoms with van der Waals surface area (Å²) in [7, 11) is 0. The first-order chi connectivity index (χ1) is 14.6. The maximum absolute atomic E-state index is 13.0. The summed E-state index contributed by atoms with van der Waals surface area (Å²) in [6.45, 7) is 4.48. The van der Waals surface area contributed by atoms with Gasteiger partial charge in [0.15, 0.2) is 0 Å². The van der Waals surface area contributed by atoms with Gasteiger partial charge >= 0.3 is 6.09 Å². The zero-order valence-corrected chi connectivity index (χ0v) is 18.2. The Labute approximate surface area is 182 Å². The van der Waals surface area contributed by atoms with Crippen LogP contribution >= 0.6 is 11.6 Å². The molecule has 0 atom stereocenters. The first-order valence-corrected chi connectivity index (χ1v) is 11.3. The normalized spacial score (nSPS) is 16.5. The Kier molecular flexibility index (Phi) is 6.42. The molecule has 2 aliphatic rings. The molecule has 6 nitrogen and oxygen atoms in total. The van der Waals surface area contributed by atoms with Crippen molar-refractivity contribution < 1.29 is 14.3 Å². The molecule has 0 N–H and O–H groups in total. The summed E-state index contributed by atoms with van der Waals surface area (Å²) >= 11 is 6.65. The second-order valence-electron chi connectivity index (χ2n) is 8.04. The van der Waals surface area contributed by atoms with Crippen LogP contribution in [-0.4, -0.2) is 59.6 Å². The van der Waals surface area contributed by atoms with E-state index in [2.05, 4.69) is 6.92 Å². The number of carbonyl (C=O) groups is 2. The number of nitrogens with zero attached hydrogens (tertiary/aromatic N) is 3. The summed E-state index contributed by atoms with van der Waals surface area (Å²) in [5, 5.41) is 1.69. The summed E-state index contributed by atoms with van der Waals surface area (Å²) < 4.78 is 5.27. The van der Waals surface area contributed by atoms with Crippen LogP contribution in [-0.2, 0) is 17.6 Å². The number of piperazine rings is 1. The zero-order valence-electron chi connectivity index (χ0n) is 17.5. The Bertz CT molecular complexity index is 954. The Morgan fingerprint density at radius 3 is 2.60 bits per heavy atom. The van der Waals surface area contributed by atoms with Crippen LogP contribution in [0.15, 0.2) is 18.2 Å². The summed E-state index contributed by atoms with van der Waals surface area (Å²) in [5.74, 6) is -0.0356. The molecule has 0 saturated carbocycles. The number of aryl methyl sites for hydroxylation is 1. The number of pyridine rings is 1. The molecule has 1 aliphatic heterocycles. The van der Waals surface area contributed by atoms with Crippen LogP contribution in [0.5, 0.6) is 0 Å². The molecule has 1 fully saturated rings. The molecule has 7 heteroatoms. The number of benzene rings is 1. The first kappa shape index (κ1) is 20.9. The van der Waals surface area contributed by atoms with Gasteiger partial charge in [-0.2, -0.15) is 0 Å². The molecule has 160 valence electrons. The van der Waals surface area contributed by atoms with Crippen molar-refractivity contribution in [1.82, 2.24) is 14.8 Å². The Hall–Kier alpha value is -2.34. The van der Waals surface area contributed by atoms with Crippen molar-refractivity contribution >= 4 is 34.5 Å². The van der Waals surface area contributed by atoms with Gasteiger partial charge in [-0.25, -0.2) is 4.79 Å². The molecule has 2 amide bonds. The summed E-state index contributed by atoms with van der Waals surface area (Å²) in [6.07, 6.45) is 5.77. The van der Waals surface area contributed by atoms with Crippen molar-refractivity contribution in [3.63, 3.8) is 0 Å². The summed E-state index contributed by atoms with van der Waals surface area (Å²) in [4.78, 5) is 33.4. The highest BCUT2D eigenvalue weighted by Crippen LogP contribution is 2.33. The molecule has 1 aliphatic carbocycles. The van der Waals surface area contributed by atoms with E-state index in [0.29, 0.717) is 38.3 Å². The van der Waals surface area contributed by atoms with Crippen molar-refractivity contribution in [2.24, 2.45) is 0 Å². The Morgan fingerprint density at radius 1 is 1.10 bits per heavy atom. The molecule has 0 bridgehead atoms. The Balaban J connectivity index is 1.44. The van der Waals surface area contributed by atoms with Gasteiger partial charge in [0.25, 0.3) is 5.91 Å². The quantitative estimate of drug-likeness (QED) is 0.673. The fourth-order valence-corrected chi connectivity index (χ4v) is 4.53. The largest absolute Gasteiger partial charge is 0.449 e. The van der Waals surface area contributed by atoms with Crippen LogP contribution in [0.4, 0.5) is 4.79 Å². The van der Waals surface area contributed by atoms with E-state index < -0.39 is 0 Å². The van der Waals surface area contributed by atoms with Crippen molar-refractivity contribution in [1.29, 1.82) is 0 Å². The molecular formula is C23H28ClN3O3. The van der Waals surface area contributed by atoms with Crippen molar-refractivity contribution in [2.45, 2.75) is 45.4 Å². The number of ether oxygens (including phenoxy) is 1. The number of hydrogen-bond acceptors (Lipinski definition) is 4. The minimum absolute atomic E-state index is 0.0356. The Morgan fingerprint density at radius 2 is 1.83 bits per heavy atom. The minimum atomic E-state index is -0.287. The molecular weight excluding hydrogens is 402 g/mol. The highest BCUT2D eigenvalue weighted by molar-refractivity contribution is 6.36. The molecule has 0 spiro atoms. The monoisotopic (exact) mass is 429 g/mol. The second-order valence-corrected chi connectivity index (χ2v) is 8.42. The van der Waals surface area contributed by atoms with Gasteiger partial charge in [-0.05, 0) is 49.8 Å². The first-order valence-electron chi connectivity index (χ1n) is 10.9. The lowest BCUT2D eigenvalue weighted by Crippen LogP contribution is -2.50. The predicted octanol–water partition coefficient (Wildman–Crippen LogP) is 4.46. The van der Waals surface area contributed by atoms with Gasteiger partial charge in [0, 0.05) is 42.8 Å². The number of amides is 2. The molecule has 30 heavy (non-hydrogen) atoms. The minimum Gasteiger partial charge on any atom is -0.449 e. The number of rotatable bonds is 4. The van der Waals surface area contributed by atoms with E-state index in [4.69, 9.17) is 21.3 Å². The van der Waals surface area contributed by atoms with Crippen molar-refractivity contribution in [3.8, 4) is 0 Å². The van der Waals surface area contributed by atoms with E-state index in [-0.39, 0.29) is 12.0 Å².